The van der Waals surface area contributed by atoms with Gasteiger partial charge in [-0.3, -0.25) is 4.72 Å². The second-order valence-electron chi connectivity index (χ2n) is 6.79. The quantitative estimate of drug-likeness (QED) is 0.849. The van der Waals surface area contributed by atoms with Crippen molar-refractivity contribution in [3.8, 4) is 5.75 Å². The lowest BCUT2D eigenvalue weighted by Crippen LogP contribution is -2.36. The third-order valence-electron chi connectivity index (χ3n) is 4.78. The first-order chi connectivity index (χ1) is 12.8. The highest BCUT2D eigenvalue weighted by Crippen LogP contribution is 2.30. The van der Waals surface area contributed by atoms with Crippen LogP contribution in [0, 0.1) is 20.8 Å². The third-order valence-corrected chi connectivity index (χ3v) is 6.45. The van der Waals surface area contributed by atoms with Crippen LogP contribution in [0.15, 0.2) is 35.2 Å². The molecule has 1 N–H and O–H groups in total. The molecule has 0 aromatic heterocycles. The fraction of sp³-hybridized carbons (Fsp3) is 0.400. The van der Waals surface area contributed by atoms with Crippen molar-refractivity contribution in [2.45, 2.75) is 25.7 Å². The van der Waals surface area contributed by atoms with E-state index in [4.69, 9.17) is 9.47 Å². The summed E-state index contributed by atoms with van der Waals surface area (Å²) in [4.78, 5) is 2.49. The molecule has 0 bridgehead atoms. The minimum Gasteiger partial charge on any atom is -0.497 e. The van der Waals surface area contributed by atoms with Gasteiger partial charge >= 0.3 is 0 Å². The number of aryl methyl sites for hydroxylation is 3. The van der Waals surface area contributed by atoms with Crippen LogP contribution < -0.4 is 14.4 Å². The average molecular weight is 391 g/mol. The lowest BCUT2D eigenvalue weighted by molar-refractivity contribution is 0.122. The molecule has 1 aliphatic rings. The van der Waals surface area contributed by atoms with Crippen LogP contribution in [-0.2, 0) is 14.8 Å². The summed E-state index contributed by atoms with van der Waals surface area (Å²) < 4.78 is 39.6. The van der Waals surface area contributed by atoms with Crippen LogP contribution in [0.1, 0.15) is 16.7 Å². The fourth-order valence-electron chi connectivity index (χ4n) is 3.39. The van der Waals surface area contributed by atoms with Gasteiger partial charge in [-0.1, -0.05) is 6.07 Å². The van der Waals surface area contributed by atoms with Gasteiger partial charge in [0.15, 0.2) is 0 Å². The van der Waals surface area contributed by atoms with E-state index in [0.29, 0.717) is 40.7 Å². The van der Waals surface area contributed by atoms with Crippen LogP contribution >= 0.6 is 0 Å². The first kappa shape index (κ1) is 19.5. The summed E-state index contributed by atoms with van der Waals surface area (Å²) in [5.74, 6) is 0.648. The number of anilines is 2. The molecule has 2 aromatic carbocycles. The Morgan fingerprint density at radius 1 is 1.00 bits per heavy atom. The molecular weight excluding hydrogens is 364 g/mol. The maximum Gasteiger partial charge on any atom is 0.262 e. The topological polar surface area (TPSA) is 67.9 Å². The predicted octanol–water partition coefficient (Wildman–Crippen LogP) is 3.26. The number of hydrogen-bond donors (Lipinski definition) is 1. The van der Waals surface area contributed by atoms with Crippen molar-refractivity contribution in [1.29, 1.82) is 0 Å². The molecule has 0 unspecified atom stereocenters. The summed E-state index contributed by atoms with van der Waals surface area (Å²) in [6.07, 6.45) is 0. The molecule has 1 heterocycles. The van der Waals surface area contributed by atoms with Crippen molar-refractivity contribution in [3.05, 3.63) is 47.0 Å². The Morgan fingerprint density at radius 3 is 2.22 bits per heavy atom. The van der Waals surface area contributed by atoms with Gasteiger partial charge in [0.1, 0.15) is 5.75 Å². The molecule has 6 nitrogen and oxygen atoms in total. The van der Waals surface area contributed by atoms with E-state index in [-0.39, 0.29) is 0 Å². The molecule has 2 aromatic rings. The summed E-state index contributed by atoms with van der Waals surface area (Å²) >= 11 is 0. The maximum absolute atomic E-state index is 13.1. The minimum atomic E-state index is -3.72. The van der Waals surface area contributed by atoms with Crippen molar-refractivity contribution in [1.82, 2.24) is 0 Å². The normalized spacial score (nSPS) is 14.9. The molecule has 7 heteroatoms. The SMILES string of the molecule is COc1cc(C)c(S(=O)(=O)Nc2cc(N3CCOCC3)ccc2C)c(C)c1. The Balaban J connectivity index is 1.94. The van der Waals surface area contributed by atoms with Gasteiger partial charge in [0.2, 0.25) is 0 Å². The van der Waals surface area contributed by atoms with E-state index in [0.717, 1.165) is 24.3 Å². The molecular formula is C20H26N2O4S. The van der Waals surface area contributed by atoms with Gasteiger partial charge in [0.25, 0.3) is 10.0 Å². The van der Waals surface area contributed by atoms with E-state index in [1.165, 1.54) is 0 Å². The van der Waals surface area contributed by atoms with Crippen LogP contribution in [-0.4, -0.2) is 41.8 Å². The number of benzene rings is 2. The zero-order valence-electron chi connectivity index (χ0n) is 16.2. The maximum atomic E-state index is 13.1. The van der Waals surface area contributed by atoms with E-state index in [2.05, 4.69) is 9.62 Å². The number of morpholine rings is 1. The summed E-state index contributed by atoms with van der Waals surface area (Å²) in [6, 6.07) is 9.32. The standard InChI is InChI=1S/C20H26N2O4S/c1-14-5-6-17(22-7-9-26-10-8-22)13-19(14)21-27(23,24)20-15(2)11-18(25-4)12-16(20)3/h5-6,11-13,21H,7-10H2,1-4H3. The largest absolute Gasteiger partial charge is 0.497 e. The van der Waals surface area contributed by atoms with Crippen molar-refractivity contribution in [2.75, 3.05) is 43.0 Å². The molecule has 146 valence electrons. The molecule has 1 aliphatic heterocycles. The molecule has 0 spiro atoms. The highest BCUT2D eigenvalue weighted by atomic mass is 32.2. The Labute approximate surface area is 161 Å². The summed E-state index contributed by atoms with van der Waals surface area (Å²) in [5, 5.41) is 0. The Hall–Kier alpha value is -2.25. The van der Waals surface area contributed by atoms with Gasteiger partial charge < -0.3 is 14.4 Å². The van der Waals surface area contributed by atoms with Crippen LogP contribution in [0.5, 0.6) is 5.75 Å². The second kappa shape index (κ2) is 7.78. The number of hydrogen-bond acceptors (Lipinski definition) is 5. The molecule has 0 saturated carbocycles. The highest BCUT2D eigenvalue weighted by Gasteiger charge is 2.22. The Kier molecular flexibility index (Phi) is 5.62. The molecule has 0 amide bonds. The van der Waals surface area contributed by atoms with Gasteiger partial charge in [0.05, 0.1) is 30.9 Å². The van der Waals surface area contributed by atoms with Gasteiger partial charge in [-0.15, -0.1) is 0 Å². The number of ether oxygens (including phenoxy) is 2. The van der Waals surface area contributed by atoms with Crippen molar-refractivity contribution >= 4 is 21.4 Å². The third kappa shape index (κ3) is 4.20. The van der Waals surface area contributed by atoms with Gasteiger partial charge in [-0.25, -0.2) is 8.42 Å². The zero-order valence-corrected chi connectivity index (χ0v) is 17.0. The van der Waals surface area contributed by atoms with Gasteiger partial charge in [-0.05, 0) is 61.7 Å². The zero-order chi connectivity index (χ0) is 19.6. The number of nitrogens with one attached hydrogen (secondary N) is 1. The van der Waals surface area contributed by atoms with E-state index < -0.39 is 10.0 Å². The first-order valence-electron chi connectivity index (χ1n) is 8.93. The van der Waals surface area contributed by atoms with Crippen molar-refractivity contribution < 1.29 is 17.9 Å². The summed E-state index contributed by atoms with van der Waals surface area (Å²) in [6.45, 7) is 8.41. The molecule has 1 fully saturated rings. The van der Waals surface area contributed by atoms with E-state index in [1.807, 2.05) is 25.1 Å². The van der Waals surface area contributed by atoms with E-state index in [9.17, 15) is 8.42 Å². The number of rotatable bonds is 5. The van der Waals surface area contributed by atoms with Crippen molar-refractivity contribution in [2.24, 2.45) is 0 Å². The van der Waals surface area contributed by atoms with Crippen LogP contribution in [0.4, 0.5) is 11.4 Å². The van der Waals surface area contributed by atoms with Gasteiger partial charge in [-0.2, -0.15) is 0 Å². The number of methoxy groups -OCH3 is 1. The molecule has 27 heavy (non-hydrogen) atoms. The summed E-state index contributed by atoms with van der Waals surface area (Å²) in [7, 11) is -2.15. The molecule has 1 saturated heterocycles. The van der Waals surface area contributed by atoms with Crippen molar-refractivity contribution in [3.63, 3.8) is 0 Å². The summed E-state index contributed by atoms with van der Waals surface area (Å²) in [5.41, 5.74) is 3.76. The van der Waals surface area contributed by atoms with Crippen LogP contribution in [0.3, 0.4) is 0 Å². The minimum absolute atomic E-state index is 0.291. The fourth-order valence-corrected chi connectivity index (χ4v) is 4.96. The van der Waals surface area contributed by atoms with Gasteiger partial charge in [0, 0.05) is 18.8 Å². The smallest absolute Gasteiger partial charge is 0.262 e. The predicted molar refractivity (Wildman–Crippen MR) is 107 cm³/mol. The lowest BCUT2D eigenvalue weighted by Gasteiger charge is -2.29. The average Bonchev–Trinajstić information content (AvgIpc) is 2.63. The second-order valence-corrected chi connectivity index (χ2v) is 8.41. The van der Waals surface area contributed by atoms with Crippen LogP contribution in [0.25, 0.3) is 0 Å². The van der Waals surface area contributed by atoms with Crippen LogP contribution in [0.2, 0.25) is 0 Å². The molecule has 3 rings (SSSR count). The first-order valence-corrected chi connectivity index (χ1v) is 10.4. The Morgan fingerprint density at radius 2 is 1.63 bits per heavy atom. The van der Waals surface area contributed by atoms with E-state index >= 15 is 0 Å². The molecule has 0 aliphatic carbocycles. The monoisotopic (exact) mass is 390 g/mol. The lowest BCUT2D eigenvalue weighted by atomic mass is 10.1. The molecule has 0 atom stereocenters. The highest BCUT2D eigenvalue weighted by molar-refractivity contribution is 7.92. The van der Waals surface area contributed by atoms with E-state index in [1.54, 1.807) is 33.1 Å². The Bertz CT molecular complexity index is 912. The number of sulfonamides is 1. The number of nitrogens with zero attached hydrogens (tertiary/aromatic N) is 1. The molecule has 0 radical (unpaired) electrons.